The summed E-state index contributed by atoms with van der Waals surface area (Å²) in [6, 6.07) is 0. The van der Waals surface area contributed by atoms with Crippen molar-refractivity contribution in [3.63, 3.8) is 0 Å². The normalized spacial score (nSPS) is 18.8. The number of aryl methyl sites for hydroxylation is 2. The van der Waals surface area contributed by atoms with E-state index in [9.17, 15) is 9.59 Å². The van der Waals surface area contributed by atoms with Crippen LogP contribution in [0.2, 0.25) is 0 Å². The number of nitrogens with zero attached hydrogens (tertiary/aromatic N) is 2. The molecule has 0 spiro atoms. The molecule has 0 bridgehead atoms. The van der Waals surface area contributed by atoms with Gasteiger partial charge in [0.2, 0.25) is 11.8 Å². The van der Waals surface area contributed by atoms with Crippen LogP contribution in [0.25, 0.3) is 0 Å². The van der Waals surface area contributed by atoms with Gasteiger partial charge < -0.3 is 0 Å². The molecule has 1 aromatic heterocycles. The van der Waals surface area contributed by atoms with Gasteiger partial charge in [-0.05, 0) is 26.7 Å². The monoisotopic (exact) mass is 249 g/mol. The zero-order valence-electron chi connectivity index (χ0n) is 11.3. The zero-order valence-corrected chi connectivity index (χ0v) is 11.3. The van der Waals surface area contributed by atoms with E-state index >= 15 is 0 Å². The highest BCUT2D eigenvalue weighted by molar-refractivity contribution is 6.23. The first-order chi connectivity index (χ1) is 8.46. The third-order valence-corrected chi connectivity index (χ3v) is 4.06. The maximum atomic E-state index is 12.6. The minimum atomic E-state index is -0.521. The molecule has 2 rings (SSSR count). The van der Waals surface area contributed by atoms with Gasteiger partial charge in [0.15, 0.2) is 0 Å². The Bertz CT molecular complexity index is 481. The highest BCUT2D eigenvalue weighted by Crippen LogP contribution is 2.42. The predicted octanol–water partition coefficient (Wildman–Crippen LogP) is 2.10. The van der Waals surface area contributed by atoms with Crippen LogP contribution in [0, 0.1) is 19.3 Å². The fourth-order valence-corrected chi connectivity index (χ4v) is 2.70. The molecule has 2 heterocycles. The number of aromatic nitrogens is 2. The first-order valence-corrected chi connectivity index (χ1v) is 6.35. The summed E-state index contributed by atoms with van der Waals surface area (Å²) < 4.78 is 0. The van der Waals surface area contributed by atoms with Crippen LogP contribution in [0.4, 0.5) is 5.69 Å². The second kappa shape index (κ2) is 4.23. The van der Waals surface area contributed by atoms with Gasteiger partial charge in [-0.15, -0.1) is 0 Å². The maximum absolute atomic E-state index is 12.6. The topological polar surface area (TPSA) is 66.1 Å². The Morgan fingerprint density at radius 2 is 1.89 bits per heavy atom. The molecule has 0 unspecified atom stereocenters. The highest BCUT2D eigenvalue weighted by atomic mass is 16.2. The maximum Gasteiger partial charge on any atom is 0.240 e. The minimum Gasteiger partial charge on any atom is -0.280 e. The van der Waals surface area contributed by atoms with Crippen molar-refractivity contribution in [3.05, 3.63) is 11.4 Å². The Morgan fingerprint density at radius 3 is 2.28 bits per heavy atom. The molecule has 0 saturated carbocycles. The predicted molar refractivity (Wildman–Crippen MR) is 68.2 cm³/mol. The Kier molecular flexibility index (Phi) is 3.00. The molecule has 1 fully saturated rings. The van der Waals surface area contributed by atoms with Crippen LogP contribution < -0.4 is 4.90 Å². The lowest BCUT2D eigenvalue weighted by Crippen LogP contribution is -2.35. The largest absolute Gasteiger partial charge is 0.280 e. The van der Waals surface area contributed by atoms with Gasteiger partial charge >= 0.3 is 0 Å². The summed E-state index contributed by atoms with van der Waals surface area (Å²) in [4.78, 5) is 26.1. The molecule has 1 saturated heterocycles. The van der Waals surface area contributed by atoms with Gasteiger partial charge in [0.1, 0.15) is 0 Å². The fraction of sp³-hybridized carbons (Fsp3) is 0.615. The minimum absolute atomic E-state index is 0.0786. The van der Waals surface area contributed by atoms with Crippen LogP contribution >= 0.6 is 0 Å². The molecule has 0 aliphatic carbocycles. The number of rotatable bonds is 3. The van der Waals surface area contributed by atoms with E-state index in [0.29, 0.717) is 30.6 Å². The zero-order chi connectivity index (χ0) is 13.5. The van der Waals surface area contributed by atoms with Crippen molar-refractivity contribution in [2.45, 2.75) is 47.0 Å². The van der Waals surface area contributed by atoms with Crippen molar-refractivity contribution in [3.8, 4) is 0 Å². The number of hydrogen-bond acceptors (Lipinski definition) is 3. The van der Waals surface area contributed by atoms with Crippen molar-refractivity contribution in [2.24, 2.45) is 5.41 Å². The van der Waals surface area contributed by atoms with Crippen molar-refractivity contribution in [2.75, 3.05) is 4.90 Å². The Hall–Kier alpha value is -1.65. The first kappa shape index (κ1) is 12.8. The van der Waals surface area contributed by atoms with Crippen LogP contribution in [0.5, 0.6) is 0 Å². The summed E-state index contributed by atoms with van der Waals surface area (Å²) in [6.07, 6.45) is 1.70. The molecule has 0 atom stereocenters. The van der Waals surface area contributed by atoms with E-state index in [1.807, 2.05) is 20.8 Å². The highest BCUT2D eigenvalue weighted by Gasteiger charge is 2.50. The van der Waals surface area contributed by atoms with E-state index in [1.165, 1.54) is 4.90 Å². The van der Waals surface area contributed by atoms with Crippen molar-refractivity contribution in [1.82, 2.24) is 10.2 Å². The lowest BCUT2D eigenvalue weighted by atomic mass is 9.81. The molecule has 1 aliphatic heterocycles. The number of imide groups is 1. The van der Waals surface area contributed by atoms with Crippen LogP contribution in [-0.4, -0.2) is 22.0 Å². The second-order valence-corrected chi connectivity index (χ2v) is 4.98. The fourth-order valence-electron chi connectivity index (χ4n) is 2.70. The van der Waals surface area contributed by atoms with Gasteiger partial charge in [0, 0.05) is 6.42 Å². The van der Waals surface area contributed by atoms with E-state index in [0.717, 1.165) is 5.69 Å². The number of carbonyl (C=O) groups is 2. The van der Waals surface area contributed by atoms with Gasteiger partial charge in [0.05, 0.1) is 22.5 Å². The van der Waals surface area contributed by atoms with Gasteiger partial charge in [-0.3, -0.25) is 14.7 Å². The number of H-pyrrole nitrogens is 1. The number of carbonyl (C=O) groups excluding carboxylic acids is 2. The van der Waals surface area contributed by atoms with Crippen LogP contribution in [-0.2, 0) is 9.59 Å². The summed E-state index contributed by atoms with van der Waals surface area (Å²) in [6.45, 7) is 7.56. The summed E-state index contributed by atoms with van der Waals surface area (Å²) in [5.41, 5.74) is 1.57. The lowest BCUT2D eigenvalue weighted by Gasteiger charge is -2.23. The Labute approximate surface area is 107 Å². The Morgan fingerprint density at radius 1 is 1.28 bits per heavy atom. The number of amides is 2. The van der Waals surface area contributed by atoms with Gasteiger partial charge in [-0.25, -0.2) is 4.90 Å². The molecule has 1 aromatic rings. The first-order valence-electron chi connectivity index (χ1n) is 6.35. The molecule has 1 N–H and O–H groups in total. The molecule has 1 aliphatic rings. The van der Waals surface area contributed by atoms with Crippen molar-refractivity contribution >= 4 is 17.5 Å². The lowest BCUT2D eigenvalue weighted by molar-refractivity contribution is -0.126. The molecule has 98 valence electrons. The van der Waals surface area contributed by atoms with Gasteiger partial charge in [-0.1, -0.05) is 13.8 Å². The second-order valence-electron chi connectivity index (χ2n) is 4.98. The van der Waals surface area contributed by atoms with E-state index in [-0.39, 0.29) is 11.8 Å². The molecule has 0 radical (unpaired) electrons. The molecular weight excluding hydrogens is 230 g/mol. The van der Waals surface area contributed by atoms with Gasteiger partial charge in [-0.2, -0.15) is 5.10 Å². The summed E-state index contributed by atoms with van der Waals surface area (Å²) in [5.74, 6) is -0.193. The molecule has 0 aromatic carbocycles. The molecule has 5 nitrogen and oxygen atoms in total. The number of hydrogen-bond donors (Lipinski definition) is 1. The van der Waals surface area contributed by atoms with Crippen LogP contribution in [0.1, 0.15) is 44.5 Å². The quantitative estimate of drug-likeness (QED) is 0.834. The van der Waals surface area contributed by atoms with Crippen LogP contribution in [0.15, 0.2) is 0 Å². The number of aromatic amines is 1. The van der Waals surface area contributed by atoms with Crippen LogP contribution in [0.3, 0.4) is 0 Å². The summed E-state index contributed by atoms with van der Waals surface area (Å²) in [7, 11) is 0. The van der Waals surface area contributed by atoms with Crippen molar-refractivity contribution < 1.29 is 9.59 Å². The SMILES string of the molecule is CCC1(CC)CC(=O)N(c2c(C)n[nH]c2C)C1=O. The van der Waals surface area contributed by atoms with E-state index in [4.69, 9.17) is 0 Å². The molecule has 5 heteroatoms. The van der Waals surface area contributed by atoms with E-state index in [1.54, 1.807) is 6.92 Å². The summed E-state index contributed by atoms with van der Waals surface area (Å²) in [5, 5.41) is 6.88. The third kappa shape index (κ3) is 1.57. The Balaban J connectivity index is 2.48. The third-order valence-electron chi connectivity index (χ3n) is 4.06. The molecular formula is C13H19N3O2. The van der Waals surface area contributed by atoms with E-state index in [2.05, 4.69) is 10.2 Å². The summed E-state index contributed by atoms with van der Waals surface area (Å²) >= 11 is 0. The standard InChI is InChI=1S/C13H19N3O2/c1-5-13(6-2)7-10(17)16(12(13)18)11-8(3)14-15-9(11)4/h5-7H2,1-4H3,(H,14,15). The molecule has 2 amide bonds. The van der Waals surface area contributed by atoms with Gasteiger partial charge in [0.25, 0.3) is 0 Å². The number of anilines is 1. The average Bonchev–Trinajstić information content (AvgIpc) is 2.79. The molecule has 18 heavy (non-hydrogen) atoms. The smallest absolute Gasteiger partial charge is 0.240 e. The van der Waals surface area contributed by atoms with Crippen molar-refractivity contribution in [1.29, 1.82) is 0 Å². The van der Waals surface area contributed by atoms with E-state index < -0.39 is 5.41 Å². The number of nitrogens with one attached hydrogen (secondary N) is 1. The average molecular weight is 249 g/mol.